The molecule has 0 N–H and O–H groups in total. The van der Waals surface area contributed by atoms with Gasteiger partial charge in [0, 0.05) is 31.0 Å². The summed E-state index contributed by atoms with van der Waals surface area (Å²) >= 11 is 1.29. The van der Waals surface area contributed by atoms with Gasteiger partial charge in [-0.05, 0) is 61.2 Å². The summed E-state index contributed by atoms with van der Waals surface area (Å²) in [5.41, 5.74) is -0.153. The lowest BCUT2D eigenvalue weighted by molar-refractivity contribution is 0.549. The summed E-state index contributed by atoms with van der Waals surface area (Å²) in [4.78, 5) is 10.3. The second kappa shape index (κ2) is 10.2. The number of thiazole rings is 1. The first-order valence-corrected chi connectivity index (χ1v) is 14.0. The molecule has 5 rings (SSSR count). The minimum atomic E-state index is -4.49. The summed E-state index contributed by atoms with van der Waals surface area (Å²) in [6, 6.07) is 7.37. The van der Waals surface area contributed by atoms with Gasteiger partial charge in [-0.15, -0.1) is 0 Å². The van der Waals surface area contributed by atoms with Gasteiger partial charge in [-0.2, -0.15) is 0 Å². The van der Waals surface area contributed by atoms with E-state index in [0.29, 0.717) is 27.7 Å². The van der Waals surface area contributed by atoms with Crippen LogP contribution in [-0.2, 0) is 15.6 Å². The highest BCUT2D eigenvalue weighted by atomic mass is 32.2. The highest BCUT2D eigenvalue weighted by Crippen LogP contribution is 2.43. The maximum Gasteiger partial charge on any atom is 0.186 e. The number of piperidine rings is 1. The van der Waals surface area contributed by atoms with Crippen molar-refractivity contribution in [3.05, 3.63) is 83.7 Å². The van der Waals surface area contributed by atoms with Gasteiger partial charge >= 0.3 is 0 Å². The number of hydrogen-bond donors (Lipinski definition) is 0. The van der Waals surface area contributed by atoms with Gasteiger partial charge in [0.05, 0.1) is 21.9 Å². The maximum atomic E-state index is 15.9. The average molecular weight is 548 g/mol. The number of sulfone groups is 1. The van der Waals surface area contributed by atoms with Crippen molar-refractivity contribution in [3.63, 3.8) is 0 Å². The highest BCUT2D eigenvalue weighted by molar-refractivity contribution is 7.90. The first-order chi connectivity index (χ1) is 17.7. The van der Waals surface area contributed by atoms with Crippen molar-refractivity contribution in [1.29, 1.82) is 0 Å². The molecule has 1 saturated heterocycles. The molecule has 0 radical (unpaired) electrons. The number of rotatable bonds is 6. The minimum absolute atomic E-state index is 0.0444. The van der Waals surface area contributed by atoms with E-state index in [1.807, 2.05) is 0 Å². The Morgan fingerprint density at radius 3 is 2.32 bits per heavy atom. The monoisotopic (exact) mass is 547 g/mol. The Morgan fingerprint density at radius 2 is 1.59 bits per heavy atom. The quantitative estimate of drug-likeness (QED) is 0.262. The standard InChI is InChI=1S/C26H21F4N3O2S2/c27-18-5-7-19(28)21(14-18)37(34,35)15-17-4-6-20(29)22(23(17)30)24-25(16-8-10-31-11-9-16)36-26(32-24)33-12-2-1-3-13-33/h4-11,14H,1-3,12-13,15H2. The fraction of sp³-hybridized carbons (Fsp3) is 0.231. The fourth-order valence-corrected chi connectivity index (χ4v) is 6.89. The van der Waals surface area contributed by atoms with Crippen LogP contribution < -0.4 is 4.90 Å². The van der Waals surface area contributed by atoms with Crippen LogP contribution in [0.5, 0.6) is 0 Å². The number of benzene rings is 2. The molecular weight excluding hydrogens is 526 g/mol. The Kier molecular flexibility index (Phi) is 7.00. The average Bonchev–Trinajstić information content (AvgIpc) is 3.33. The van der Waals surface area contributed by atoms with Crippen molar-refractivity contribution in [2.75, 3.05) is 18.0 Å². The first-order valence-electron chi connectivity index (χ1n) is 11.6. The Labute approximate surface area is 215 Å². The first kappa shape index (κ1) is 25.3. The molecule has 1 aliphatic rings. The van der Waals surface area contributed by atoms with Gasteiger partial charge in [0.2, 0.25) is 0 Å². The van der Waals surface area contributed by atoms with E-state index in [9.17, 15) is 17.2 Å². The topological polar surface area (TPSA) is 63.2 Å². The predicted molar refractivity (Wildman–Crippen MR) is 134 cm³/mol. The zero-order valence-corrected chi connectivity index (χ0v) is 21.1. The van der Waals surface area contributed by atoms with Crippen molar-refractivity contribution >= 4 is 26.3 Å². The van der Waals surface area contributed by atoms with Crippen molar-refractivity contribution in [3.8, 4) is 21.7 Å². The van der Waals surface area contributed by atoms with Crippen LogP contribution in [0.1, 0.15) is 24.8 Å². The predicted octanol–water partition coefficient (Wildman–Crippen LogP) is 6.39. The van der Waals surface area contributed by atoms with Gasteiger partial charge in [0.25, 0.3) is 0 Å². The Morgan fingerprint density at radius 1 is 0.892 bits per heavy atom. The van der Waals surface area contributed by atoms with Crippen LogP contribution in [-0.4, -0.2) is 31.5 Å². The highest BCUT2D eigenvalue weighted by Gasteiger charge is 2.28. The number of hydrogen-bond acceptors (Lipinski definition) is 6. The molecule has 3 heterocycles. The minimum Gasteiger partial charge on any atom is -0.348 e. The molecule has 1 aliphatic heterocycles. The van der Waals surface area contributed by atoms with Crippen molar-refractivity contribution < 1.29 is 26.0 Å². The molecule has 0 amide bonds. The molecule has 4 aromatic rings. The zero-order valence-electron chi connectivity index (χ0n) is 19.4. The third-order valence-electron chi connectivity index (χ3n) is 6.17. The molecule has 2 aromatic heterocycles. The Hall–Kier alpha value is -3.31. The van der Waals surface area contributed by atoms with Crippen LogP contribution in [0.2, 0.25) is 0 Å². The van der Waals surface area contributed by atoms with E-state index in [1.165, 1.54) is 11.3 Å². The van der Waals surface area contributed by atoms with E-state index >= 15 is 8.78 Å². The lowest BCUT2D eigenvalue weighted by Crippen LogP contribution is -2.29. The smallest absolute Gasteiger partial charge is 0.186 e. The van der Waals surface area contributed by atoms with E-state index in [-0.39, 0.29) is 11.3 Å². The molecule has 5 nitrogen and oxygen atoms in total. The molecule has 37 heavy (non-hydrogen) atoms. The van der Waals surface area contributed by atoms with E-state index < -0.39 is 49.3 Å². The maximum absolute atomic E-state index is 15.9. The van der Waals surface area contributed by atoms with Crippen LogP contribution in [0.25, 0.3) is 21.7 Å². The molecule has 2 aromatic carbocycles. The second-order valence-corrected chi connectivity index (χ2v) is 11.6. The van der Waals surface area contributed by atoms with Crippen LogP contribution in [0, 0.1) is 23.3 Å². The summed E-state index contributed by atoms with van der Waals surface area (Å²) in [5, 5.41) is 0.611. The Balaban J connectivity index is 1.62. The van der Waals surface area contributed by atoms with E-state index in [1.54, 1.807) is 24.5 Å². The third kappa shape index (κ3) is 5.10. The van der Waals surface area contributed by atoms with Gasteiger partial charge in [0.15, 0.2) is 15.0 Å². The largest absolute Gasteiger partial charge is 0.348 e. The molecular formula is C26H21F4N3O2S2. The lowest BCUT2D eigenvalue weighted by atomic mass is 10.0. The normalized spacial score (nSPS) is 14.2. The summed E-state index contributed by atoms with van der Waals surface area (Å²) in [7, 11) is -4.49. The van der Waals surface area contributed by atoms with Crippen LogP contribution in [0.4, 0.5) is 22.7 Å². The SMILES string of the molecule is O=S(=O)(Cc1ccc(F)c(-c2nc(N3CCCCC3)sc2-c2ccncc2)c1F)c1cc(F)ccc1F. The molecule has 0 bridgehead atoms. The van der Waals surface area contributed by atoms with Gasteiger partial charge in [0.1, 0.15) is 28.2 Å². The number of aromatic nitrogens is 2. The molecule has 0 unspecified atom stereocenters. The van der Waals surface area contributed by atoms with Gasteiger partial charge in [-0.25, -0.2) is 31.0 Å². The van der Waals surface area contributed by atoms with Crippen LogP contribution in [0.3, 0.4) is 0 Å². The number of pyridine rings is 1. The zero-order chi connectivity index (χ0) is 26.2. The van der Waals surface area contributed by atoms with Crippen molar-refractivity contribution in [2.24, 2.45) is 0 Å². The summed E-state index contributed by atoms with van der Waals surface area (Å²) in [6.07, 6.45) is 6.17. The third-order valence-corrected chi connectivity index (χ3v) is 9.01. The molecule has 192 valence electrons. The summed E-state index contributed by atoms with van der Waals surface area (Å²) in [5.74, 6) is -5.13. The fourth-order valence-electron chi connectivity index (χ4n) is 4.32. The summed E-state index contributed by atoms with van der Waals surface area (Å²) in [6.45, 7) is 1.54. The number of nitrogens with zero attached hydrogens (tertiary/aromatic N) is 3. The molecule has 1 fully saturated rings. The molecule has 0 saturated carbocycles. The van der Waals surface area contributed by atoms with Crippen LogP contribution >= 0.6 is 11.3 Å². The van der Waals surface area contributed by atoms with Gasteiger partial charge < -0.3 is 4.90 Å². The van der Waals surface area contributed by atoms with E-state index in [2.05, 4.69) is 14.9 Å². The molecule has 0 aliphatic carbocycles. The van der Waals surface area contributed by atoms with Crippen LogP contribution in [0.15, 0.2) is 59.8 Å². The second-order valence-electron chi connectivity index (χ2n) is 8.69. The van der Waals surface area contributed by atoms with Crippen molar-refractivity contribution in [2.45, 2.75) is 29.9 Å². The van der Waals surface area contributed by atoms with E-state index in [0.717, 1.165) is 50.6 Å². The van der Waals surface area contributed by atoms with Crippen molar-refractivity contribution in [1.82, 2.24) is 9.97 Å². The lowest BCUT2D eigenvalue weighted by Gasteiger charge is -2.25. The molecule has 0 spiro atoms. The Bertz CT molecular complexity index is 1550. The molecule has 11 heteroatoms. The molecule has 0 atom stereocenters. The number of anilines is 1. The van der Waals surface area contributed by atoms with E-state index in [4.69, 9.17) is 0 Å². The van der Waals surface area contributed by atoms with Gasteiger partial charge in [-0.1, -0.05) is 17.4 Å². The summed E-state index contributed by atoms with van der Waals surface area (Å²) < 4.78 is 84.6. The number of halogens is 4. The van der Waals surface area contributed by atoms with Gasteiger partial charge in [-0.3, -0.25) is 4.98 Å².